The lowest BCUT2D eigenvalue weighted by atomic mass is 10.1. The zero-order valence-electron chi connectivity index (χ0n) is 15.9. The first kappa shape index (κ1) is 18.5. The van der Waals surface area contributed by atoms with Crippen LogP contribution >= 0.6 is 0 Å². The van der Waals surface area contributed by atoms with Gasteiger partial charge >= 0.3 is 0 Å². The summed E-state index contributed by atoms with van der Waals surface area (Å²) in [5.74, 6) is 2.13. The summed E-state index contributed by atoms with van der Waals surface area (Å²) in [4.78, 5) is 17.5. The van der Waals surface area contributed by atoms with Gasteiger partial charge in [0.05, 0.1) is 26.3 Å². The molecule has 146 valence electrons. The van der Waals surface area contributed by atoms with Crippen molar-refractivity contribution in [1.82, 2.24) is 14.8 Å². The first-order valence-corrected chi connectivity index (χ1v) is 9.18. The van der Waals surface area contributed by atoms with E-state index in [9.17, 15) is 4.79 Å². The van der Waals surface area contributed by atoms with Crippen LogP contribution in [0.1, 0.15) is 16.1 Å². The quantitative estimate of drug-likeness (QED) is 0.514. The minimum Gasteiger partial charge on any atom is -0.497 e. The van der Waals surface area contributed by atoms with Crippen molar-refractivity contribution in [2.45, 2.75) is 13.0 Å². The van der Waals surface area contributed by atoms with Crippen LogP contribution in [0.25, 0.3) is 11.4 Å². The number of benzene rings is 2. The number of aromatic nitrogens is 3. The van der Waals surface area contributed by atoms with Crippen molar-refractivity contribution >= 4 is 11.9 Å². The van der Waals surface area contributed by atoms with Gasteiger partial charge < -0.3 is 14.5 Å². The Bertz CT molecular complexity index is 1070. The first-order chi connectivity index (χ1) is 14.2. The van der Waals surface area contributed by atoms with Gasteiger partial charge in [-0.1, -0.05) is 30.3 Å². The molecule has 7 heteroatoms. The van der Waals surface area contributed by atoms with E-state index < -0.39 is 0 Å². The summed E-state index contributed by atoms with van der Waals surface area (Å²) in [7, 11) is 1.61. The molecule has 0 spiro atoms. The lowest BCUT2D eigenvalue weighted by molar-refractivity contribution is 0.0901. The van der Waals surface area contributed by atoms with E-state index in [-0.39, 0.29) is 12.3 Å². The van der Waals surface area contributed by atoms with Crippen LogP contribution < -0.4 is 10.1 Å². The number of rotatable bonds is 7. The van der Waals surface area contributed by atoms with E-state index in [1.165, 1.54) is 4.68 Å². The lowest BCUT2D eigenvalue weighted by Crippen LogP contribution is -2.18. The molecule has 4 aromatic rings. The molecule has 0 saturated heterocycles. The molecule has 7 nitrogen and oxygen atoms in total. The van der Waals surface area contributed by atoms with E-state index >= 15 is 0 Å². The van der Waals surface area contributed by atoms with Crippen LogP contribution in [-0.2, 0) is 13.0 Å². The number of furan rings is 1. The number of carbonyl (C=O) groups excluding carboxylic acids is 1. The monoisotopic (exact) mass is 388 g/mol. The van der Waals surface area contributed by atoms with Crippen molar-refractivity contribution in [1.29, 1.82) is 0 Å². The van der Waals surface area contributed by atoms with Gasteiger partial charge in [-0.3, -0.25) is 4.79 Å². The third kappa shape index (κ3) is 4.35. The van der Waals surface area contributed by atoms with Crippen molar-refractivity contribution in [2.24, 2.45) is 0 Å². The Morgan fingerprint density at radius 1 is 1.07 bits per heavy atom. The smallest absolute Gasteiger partial charge is 0.254 e. The van der Waals surface area contributed by atoms with Gasteiger partial charge in [-0.2, -0.15) is 9.67 Å². The highest BCUT2D eigenvalue weighted by Crippen LogP contribution is 2.22. The van der Waals surface area contributed by atoms with E-state index in [1.54, 1.807) is 13.4 Å². The van der Waals surface area contributed by atoms with Crippen LogP contribution in [0.2, 0.25) is 0 Å². The molecule has 0 saturated carbocycles. The summed E-state index contributed by atoms with van der Waals surface area (Å²) in [5.41, 5.74) is 1.70. The number of carbonyl (C=O) groups is 1. The number of hydrogen-bond donors (Lipinski definition) is 1. The van der Waals surface area contributed by atoms with Gasteiger partial charge in [0, 0.05) is 5.56 Å². The second-order valence-electron chi connectivity index (χ2n) is 6.39. The molecule has 0 aliphatic rings. The number of nitrogens with zero attached hydrogens (tertiary/aromatic N) is 3. The summed E-state index contributed by atoms with van der Waals surface area (Å²) in [5, 5.41) is 7.60. The largest absolute Gasteiger partial charge is 0.497 e. The number of ether oxygens (including phenoxy) is 1. The highest BCUT2D eigenvalue weighted by Gasteiger charge is 2.18. The van der Waals surface area contributed by atoms with Gasteiger partial charge in [0.2, 0.25) is 5.95 Å². The fraction of sp³-hybridized carbons (Fsp3) is 0.136. The molecule has 29 heavy (non-hydrogen) atoms. The van der Waals surface area contributed by atoms with Crippen LogP contribution in [0.4, 0.5) is 5.95 Å². The van der Waals surface area contributed by atoms with Crippen LogP contribution in [0.5, 0.6) is 5.75 Å². The minimum absolute atomic E-state index is 0.176. The molecule has 0 fully saturated rings. The molecule has 0 radical (unpaired) electrons. The Morgan fingerprint density at radius 2 is 1.86 bits per heavy atom. The molecule has 0 aliphatic heterocycles. The Hall–Kier alpha value is -3.87. The molecular formula is C22H20N4O3. The van der Waals surface area contributed by atoms with E-state index in [0.29, 0.717) is 18.3 Å². The van der Waals surface area contributed by atoms with Gasteiger partial charge in [-0.25, -0.2) is 0 Å². The Balaban J connectivity index is 1.62. The van der Waals surface area contributed by atoms with E-state index in [2.05, 4.69) is 15.4 Å². The first-order valence-electron chi connectivity index (χ1n) is 9.18. The zero-order chi connectivity index (χ0) is 20.1. The van der Waals surface area contributed by atoms with Crippen LogP contribution in [0.3, 0.4) is 0 Å². The number of methoxy groups -OCH3 is 1. The average Bonchev–Trinajstić information content (AvgIpc) is 3.43. The van der Waals surface area contributed by atoms with Crippen molar-refractivity contribution in [3.8, 4) is 17.1 Å². The lowest BCUT2D eigenvalue weighted by Gasteiger charge is -2.06. The normalized spacial score (nSPS) is 10.7. The Morgan fingerprint density at radius 3 is 2.55 bits per heavy atom. The number of anilines is 1. The fourth-order valence-corrected chi connectivity index (χ4v) is 2.89. The fourth-order valence-electron chi connectivity index (χ4n) is 2.89. The van der Waals surface area contributed by atoms with Gasteiger partial charge in [0.15, 0.2) is 5.82 Å². The highest BCUT2D eigenvalue weighted by molar-refractivity contribution is 5.83. The summed E-state index contributed by atoms with van der Waals surface area (Å²) < 4.78 is 11.9. The van der Waals surface area contributed by atoms with Gasteiger partial charge in [-0.05, 0) is 42.0 Å². The van der Waals surface area contributed by atoms with Crippen molar-refractivity contribution in [3.63, 3.8) is 0 Å². The topological polar surface area (TPSA) is 82.2 Å². The second kappa shape index (κ2) is 8.43. The molecule has 2 aromatic carbocycles. The predicted octanol–water partition coefficient (Wildman–Crippen LogP) is 4.04. The van der Waals surface area contributed by atoms with Crippen molar-refractivity contribution in [2.75, 3.05) is 12.4 Å². The minimum atomic E-state index is -0.176. The Kier molecular flexibility index (Phi) is 5.38. The van der Waals surface area contributed by atoms with E-state index in [4.69, 9.17) is 9.15 Å². The number of nitrogens with one attached hydrogen (secondary N) is 1. The third-order valence-electron chi connectivity index (χ3n) is 4.39. The molecule has 0 atom stereocenters. The molecule has 1 N–H and O–H groups in total. The molecule has 4 rings (SSSR count). The summed E-state index contributed by atoms with van der Waals surface area (Å²) in [6.45, 7) is 0.395. The molecule has 2 heterocycles. The zero-order valence-corrected chi connectivity index (χ0v) is 15.9. The molecule has 2 aromatic heterocycles. The standard InChI is InChI=1S/C22H20N4O3/c1-28-18-11-9-17(10-12-18)21-24-22(23-15-19-8-5-13-29-19)26(25-21)20(27)14-16-6-3-2-4-7-16/h2-13H,14-15H2,1H3,(H,23,24,25). The molecule has 0 bridgehead atoms. The van der Waals surface area contributed by atoms with Crippen LogP contribution in [0, 0.1) is 0 Å². The predicted molar refractivity (Wildman–Crippen MR) is 109 cm³/mol. The molecule has 0 amide bonds. The van der Waals surface area contributed by atoms with Gasteiger partial charge in [-0.15, -0.1) is 5.10 Å². The highest BCUT2D eigenvalue weighted by atomic mass is 16.5. The molecule has 0 aliphatic carbocycles. The second-order valence-corrected chi connectivity index (χ2v) is 6.39. The maximum absolute atomic E-state index is 12.9. The maximum atomic E-state index is 12.9. The van der Waals surface area contributed by atoms with Crippen LogP contribution in [-0.4, -0.2) is 27.8 Å². The average molecular weight is 388 g/mol. The Labute approximate surface area is 168 Å². The third-order valence-corrected chi connectivity index (χ3v) is 4.39. The van der Waals surface area contributed by atoms with Gasteiger partial charge in [0.25, 0.3) is 5.91 Å². The van der Waals surface area contributed by atoms with E-state index in [1.807, 2.05) is 66.7 Å². The molecular weight excluding hydrogens is 368 g/mol. The summed E-state index contributed by atoms with van der Waals surface area (Å²) in [6, 6.07) is 20.6. The van der Waals surface area contributed by atoms with Crippen LogP contribution in [0.15, 0.2) is 77.4 Å². The maximum Gasteiger partial charge on any atom is 0.254 e. The summed E-state index contributed by atoms with van der Waals surface area (Å²) >= 11 is 0. The SMILES string of the molecule is COc1ccc(-c2nc(NCc3ccco3)n(C(=O)Cc3ccccc3)n2)cc1. The van der Waals surface area contributed by atoms with Gasteiger partial charge in [0.1, 0.15) is 11.5 Å². The molecule has 0 unspecified atom stereocenters. The van der Waals surface area contributed by atoms with E-state index in [0.717, 1.165) is 22.6 Å². The number of hydrogen-bond acceptors (Lipinski definition) is 6. The van der Waals surface area contributed by atoms with Crippen molar-refractivity contribution in [3.05, 3.63) is 84.3 Å². The van der Waals surface area contributed by atoms with Crippen molar-refractivity contribution < 1.29 is 13.9 Å². The summed E-state index contributed by atoms with van der Waals surface area (Å²) in [6.07, 6.45) is 1.83.